The summed E-state index contributed by atoms with van der Waals surface area (Å²) >= 11 is 4.79. The molecule has 2 aromatic rings. The highest BCUT2D eigenvalue weighted by Crippen LogP contribution is 2.37. The van der Waals surface area contributed by atoms with Crippen LogP contribution in [-0.4, -0.2) is 12.1 Å². The number of rotatable bonds is 3. The van der Waals surface area contributed by atoms with Crippen LogP contribution < -0.4 is 9.47 Å². The maximum atomic E-state index is 5.88. The van der Waals surface area contributed by atoms with Gasteiger partial charge in [0, 0.05) is 10.9 Å². The van der Waals surface area contributed by atoms with Crippen LogP contribution in [0.25, 0.3) is 0 Å². The summed E-state index contributed by atoms with van der Waals surface area (Å²) in [5.74, 6) is 1.65. The molecule has 0 aliphatic heterocycles. The van der Waals surface area contributed by atoms with Gasteiger partial charge in [0.05, 0.1) is 7.11 Å². The Balaban J connectivity index is 2.39. The summed E-state index contributed by atoms with van der Waals surface area (Å²) in [6, 6.07) is 5.83. The zero-order valence-corrected chi connectivity index (χ0v) is 13.8. The van der Waals surface area contributed by atoms with Gasteiger partial charge in [-0.1, -0.05) is 32.1 Å². The van der Waals surface area contributed by atoms with Crippen molar-refractivity contribution in [2.75, 3.05) is 7.11 Å². The standard InChI is InChI=1S/C14H16BrNO2S/c1-14(2,3)10-7-9(17-4)5-6-11(10)18-13-16-12(15)8-19-13/h5-8H,1-4H3. The number of nitrogens with zero attached hydrogens (tertiary/aromatic N) is 1. The summed E-state index contributed by atoms with van der Waals surface area (Å²) in [4.78, 5) is 4.25. The Morgan fingerprint density at radius 3 is 2.53 bits per heavy atom. The monoisotopic (exact) mass is 341 g/mol. The molecule has 19 heavy (non-hydrogen) atoms. The molecule has 1 aromatic carbocycles. The maximum absolute atomic E-state index is 5.88. The summed E-state index contributed by atoms with van der Waals surface area (Å²) in [5, 5.41) is 2.53. The lowest BCUT2D eigenvalue weighted by Crippen LogP contribution is -2.12. The van der Waals surface area contributed by atoms with E-state index in [4.69, 9.17) is 9.47 Å². The molecule has 0 aliphatic rings. The minimum Gasteiger partial charge on any atom is -0.497 e. The van der Waals surface area contributed by atoms with Crippen molar-refractivity contribution in [2.24, 2.45) is 0 Å². The molecule has 0 amide bonds. The van der Waals surface area contributed by atoms with Crippen LogP contribution >= 0.6 is 27.3 Å². The molecule has 0 radical (unpaired) electrons. The molecule has 102 valence electrons. The van der Waals surface area contributed by atoms with E-state index in [1.807, 2.05) is 23.6 Å². The normalized spacial score (nSPS) is 11.4. The van der Waals surface area contributed by atoms with Crippen LogP contribution in [0.15, 0.2) is 28.2 Å². The molecule has 1 heterocycles. The predicted molar refractivity (Wildman–Crippen MR) is 81.6 cm³/mol. The van der Waals surface area contributed by atoms with Crippen LogP contribution in [0.5, 0.6) is 16.7 Å². The molecule has 3 nitrogen and oxygen atoms in total. The first kappa shape index (κ1) is 14.3. The molecule has 0 spiro atoms. The Morgan fingerprint density at radius 1 is 1.26 bits per heavy atom. The van der Waals surface area contributed by atoms with Crippen molar-refractivity contribution < 1.29 is 9.47 Å². The first-order valence-electron chi connectivity index (χ1n) is 5.87. The molecule has 0 bridgehead atoms. The van der Waals surface area contributed by atoms with Crippen molar-refractivity contribution in [1.82, 2.24) is 4.98 Å². The average molecular weight is 342 g/mol. The summed E-state index contributed by atoms with van der Waals surface area (Å²) in [6.07, 6.45) is 0. The average Bonchev–Trinajstić information content (AvgIpc) is 2.74. The lowest BCUT2D eigenvalue weighted by atomic mass is 9.86. The van der Waals surface area contributed by atoms with Crippen LogP contribution in [0.1, 0.15) is 26.3 Å². The number of halogens is 1. The quantitative estimate of drug-likeness (QED) is 0.786. The van der Waals surface area contributed by atoms with E-state index in [1.54, 1.807) is 7.11 Å². The van der Waals surface area contributed by atoms with E-state index in [0.717, 1.165) is 21.7 Å². The van der Waals surface area contributed by atoms with Crippen LogP contribution in [0, 0.1) is 0 Å². The van der Waals surface area contributed by atoms with Gasteiger partial charge in [0.2, 0.25) is 0 Å². The van der Waals surface area contributed by atoms with Crippen molar-refractivity contribution in [1.29, 1.82) is 0 Å². The molecule has 0 aliphatic carbocycles. The van der Waals surface area contributed by atoms with Gasteiger partial charge in [0.25, 0.3) is 5.19 Å². The van der Waals surface area contributed by atoms with E-state index in [-0.39, 0.29) is 5.41 Å². The minimum atomic E-state index is -0.0294. The molecule has 0 unspecified atom stereocenters. The number of hydrogen-bond acceptors (Lipinski definition) is 4. The van der Waals surface area contributed by atoms with Gasteiger partial charge in [0.1, 0.15) is 16.1 Å². The zero-order chi connectivity index (χ0) is 14.0. The minimum absolute atomic E-state index is 0.0294. The Hall–Kier alpha value is -1.07. The van der Waals surface area contributed by atoms with E-state index < -0.39 is 0 Å². The van der Waals surface area contributed by atoms with Gasteiger partial charge in [-0.3, -0.25) is 0 Å². The van der Waals surface area contributed by atoms with E-state index >= 15 is 0 Å². The van der Waals surface area contributed by atoms with Crippen molar-refractivity contribution >= 4 is 27.3 Å². The zero-order valence-electron chi connectivity index (χ0n) is 11.4. The highest BCUT2D eigenvalue weighted by Gasteiger charge is 2.21. The van der Waals surface area contributed by atoms with E-state index in [9.17, 15) is 0 Å². The molecule has 0 N–H and O–H groups in total. The molecular formula is C14H16BrNO2S. The Kier molecular flexibility index (Phi) is 4.16. The summed E-state index contributed by atoms with van der Waals surface area (Å²) in [6.45, 7) is 6.44. The fraction of sp³-hybridized carbons (Fsp3) is 0.357. The van der Waals surface area contributed by atoms with Gasteiger partial charge in [-0.15, -0.1) is 0 Å². The Morgan fingerprint density at radius 2 is 2.00 bits per heavy atom. The van der Waals surface area contributed by atoms with E-state index in [1.165, 1.54) is 11.3 Å². The topological polar surface area (TPSA) is 31.4 Å². The van der Waals surface area contributed by atoms with Gasteiger partial charge in [-0.2, -0.15) is 4.98 Å². The molecule has 0 atom stereocenters. The van der Waals surface area contributed by atoms with Crippen LogP contribution in [0.3, 0.4) is 0 Å². The van der Waals surface area contributed by atoms with Crippen LogP contribution in [-0.2, 0) is 5.41 Å². The second-order valence-electron chi connectivity index (χ2n) is 5.15. The lowest BCUT2D eigenvalue weighted by Gasteiger charge is -2.22. The molecule has 1 aromatic heterocycles. The SMILES string of the molecule is COc1ccc(Oc2nc(Br)cs2)c(C(C)(C)C)c1. The third-order valence-electron chi connectivity index (χ3n) is 2.65. The van der Waals surface area contributed by atoms with Crippen molar-refractivity contribution in [2.45, 2.75) is 26.2 Å². The summed E-state index contributed by atoms with van der Waals surface area (Å²) < 4.78 is 12.0. The predicted octanol–water partition coefficient (Wildman–Crippen LogP) is 5.00. The first-order valence-corrected chi connectivity index (χ1v) is 7.55. The number of thiazole rings is 1. The molecular weight excluding hydrogens is 326 g/mol. The largest absolute Gasteiger partial charge is 0.497 e. The summed E-state index contributed by atoms with van der Waals surface area (Å²) in [5.41, 5.74) is 1.07. The highest BCUT2D eigenvalue weighted by molar-refractivity contribution is 9.10. The van der Waals surface area contributed by atoms with Gasteiger partial charge in [0.15, 0.2) is 0 Å². The smallest absolute Gasteiger partial charge is 0.279 e. The molecule has 0 saturated carbocycles. The van der Waals surface area contributed by atoms with Gasteiger partial charge in [-0.25, -0.2) is 0 Å². The molecule has 2 rings (SSSR count). The summed E-state index contributed by atoms with van der Waals surface area (Å²) in [7, 11) is 1.67. The van der Waals surface area contributed by atoms with Crippen molar-refractivity contribution in [3.05, 3.63) is 33.7 Å². The van der Waals surface area contributed by atoms with E-state index in [2.05, 4.69) is 41.7 Å². The number of aromatic nitrogens is 1. The van der Waals surface area contributed by atoms with Gasteiger partial charge in [-0.05, 0) is 39.5 Å². The number of methoxy groups -OCH3 is 1. The van der Waals surface area contributed by atoms with Crippen LogP contribution in [0.4, 0.5) is 0 Å². The molecule has 5 heteroatoms. The third kappa shape index (κ3) is 3.48. The van der Waals surface area contributed by atoms with Crippen molar-refractivity contribution in [3.63, 3.8) is 0 Å². The number of hydrogen-bond donors (Lipinski definition) is 0. The Labute approximate surface area is 125 Å². The highest BCUT2D eigenvalue weighted by atomic mass is 79.9. The number of ether oxygens (including phenoxy) is 2. The van der Waals surface area contributed by atoms with Gasteiger partial charge >= 0.3 is 0 Å². The fourth-order valence-corrected chi connectivity index (χ4v) is 2.79. The van der Waals surface area contributed by atoms with Crippen LogP contribution in [0.2, 0.25) is 0 Å². The Bertz CT molecular complexity index is 575. The second-order valence-corrected chi connectivity index (χ2v) is 6.78. The molecule has 0 saturated heterocycles. The fourth-order valence-electron chi connectivity index (χ4n) is 1.69. The third-order valence-corrected chi connectivity index (χ3v) is 4.07. The maximum Gasteiger partial charge on any atom is 0.279 e. The lowest BCUT2D eigenvalue weighted by molar-refractivity contribution is 0.407. The molecule has 0 fully saturated rings. The van der Waals surface area contributed by atoms with E-state index in [0.29, 0.717) is 5.19 Å². The van der Waals surface area contributed by atoms with Crippen molar-refractivity contribution in [3.8, 4) is 16.7 Å². The first-order chi connectivity index (χ1) is 8.90. The number of benzene rings is 1. The second kappa shape index (κ2) is 5.51. The van der Waals surface area contributed by atoms with Gasteiger partial charge < -0.3 is 9.47 Å².